The number of aromatic amines is 1. The lowest BCUT2D eigenvalue weighted by Gasteiger charge is -2.24. The summed E-state index contributed by atoms with van der Waals surface area (Å²) in [7, 11) is 1.66. The van der Waals surface area contributed by atoms with Gasteiger partial charge in [-0.2, -0.15) is 0 Å². The molecule has 156 valence electrons. The van der Waals surface area contributed by atoms with Crippen LogP contribution in [0.4, 0.5) is 0 Å². The molecule has 7 heteroatoms. The maximum Gasteiger partial charge on any atom is 0.251 e. The fourth-order valence-electron chi connectivity index (χ4n) is 3.80. The summed E-state index contributed by atoms with van der Waals surface area (Å²) < 4.78 is 10.6. The summed E-state index contributed by atoms with van der Waals surface area (Å²) in [5.41, 5.74) is 2.65. The van der Waals surface area contributed by atoms with Crippen LogP contribution in [0, 0.1) is 0 Å². The van der Waals surface area contributed by atoms with Crippen LogP contribution in [0.3, 0.4) is 0 Å². The first-order chi connectivity index (χ1) is 14.7. The largest absolute Gasteiger partial charge is 0.491 e. The Balaban J connectivity index is 1.49. The van der Waals surface area contributed by atoms with Crippen LogP contribution in [-0.4, -0.2) is 46.7 Å². The highest BCUT2D eigenvalue weighted by Crippen LogP contribution is 2.32. The number of ether oxygens (including phenoxy) is 2. The number of hydrogen-bond donors (Lipinski definition) is 1. The lowest BCUT2D eigenvalue weighted by atomic mass is 10.1. The van der Waals surface area contributed by atoms with Crippen molar-refractivity contribution >= 4 is 0 Å². The third-order valence-electron chi connectivity index (χ3n) is 5.28. The van der Waals surface area contributed by atoms with Crippen LogP contribution in [0.5, 0.6) is 5.75 Å². The van der Waals surface area contributed by atoms with Gasteiger partial charge in [-0.25, -0.2) is 4.98 Å². The van der Waals surface area contributed by atoms with E-state index >= 15 is 0 Å². The van der Waals surface area contributed by atoms with E-state index in [2.05, 4.69) is 27.0 Å². The molecule has 1 fully saturated rings. The number of nitrogens with one attached hydrogen (secondary N) is 1. The van der Waals surface area contributed by atoms with Crippen molar-refractivity contribution in [3.05, 3.63) is 76.6 Å². The second-order valence-electron chi connectivity index (χ2n) is 7.37. The first kappa shape index (κ1) is 20.3. The van der Waals surface area contributed by atoms with Crippen molar-refractivity contribution in [1.82, 2.24) is 19.9 Å². The molecule has 1 aliphatic rings. The molecule has 3 aromatic rings. The average molecular weight is 406 g/mol. The minimum Gasteiger partial charge on any atom is -0.491 e. The summed E-state index contributed by atoms with van der Waals surface area (Å²) in [5.74, 6) is 1.57. The van der Waals surface area contributed by atoms with E-state index in [4.69, 9.17) is 14.5 Å². The smallest absolute Gasteiger partial charge is 0.251 e. The summed E-state index contributed by atoms with van der Waals surface area (Å²) in [6, 6.07) is 13.5. The highest BCUT2D eigenvalue weighted by molar-refractivity contribution is 5.57. The molecule has 0 aliphatic carbocycles. The fourth-order valence-corrected chi connectivity index (χ4v) is 3.80. The first-order valence-corrected chi connectivity index (χ1v) is 10.2. The molecule has 4 rings (SSSR count). The van der Waals surface area contributed by atoms with Gasteiger partial charge >= 0.3 is 0 Å². The first-order valence-electron chi connectivity index (χ1n) is 10.2. The number of rotatable bonds is 8. The summed E-state index contributed by atoms with van der Waals surface area (Å²) in [6.45, 7) is 2.88. The van der Waals surface area contributed by atoms with Gasteiger partial charge in [-0.05, 0) is 49.2 Å². The van der Waals surface area contributed by atoms with Gasteiger partial charge in [-0.3, -0.25) is 14.7 Å². The third-order valence-corrected chi connectivity index (χ3v) is 5.28. The molecule has 30 heavy (non-hydrogen) atoms. The molecular formula is C23H26N4O3. The van der Waals surface area contributed by atoms with Gasteiger partial charge in [0.15, 0.2) is 0 Å². The maximum absolute atomic E-state index is 12.3. The lowest BCUT2D eigenvalue weighted by Crippen LogP contribution is -2.26. The summed E-state index contributed by atoms with van der Waals surface area (Å²) >= 11 is 0. The van der Waals surface area contributed by atoms with Crippen molar-refractivity contribution in [2.24, 2.45) is 0 Å². The lowest BCUT2D eigenvalue weighted by molar-refractivity contribution is 0.146. The molecule has 0 amide bonds. The van der Waals surface area contributed by atoms with E-state index in [-0.39, 0.29) is 11.6 Å². The molecule has 3 heterocycles. The van der Waals surface area contributed by atoms with Crippen LogP contribution in [0.2, 0.25) is 0 Å². The monoisotopic (exact) mass is 406 g/mol. The highest BCUT2D eigenvalue weighted by atomic mass is 16.5. The summed E-state index contributed by atoms with van der Waals surface area (Å²) in [4.78, 5) is 26.4. The second-order valence-corrected chi connectivity index (χ2v) is 7.37. The highest BCUT2D eigenvalue weighted by Gasteiger charge is 2.28. The Morgan fingerprint density at radius 3 is 2.70 bits per heavy atom. The summed E-state index contributed by atoms with van der Waals surface area (Å²) in [5, 5.41) is 0. The molecule has 1 unspecified atom stereocenters. The van der Waals surface area contributed by atoms with Gasteiger partial charge in [0.2, 0.25) is 0 Å². The van der Waals surface area contributed by atoms with E-state index in [0.29, 0.717) is 18.9 Å². The van der Waals surface area contributed by atoms with Gasteiger partial charge in [-0.15, -0.1) is 0 Å². The van der Waals surface area contributed by atoms with E-state index < -0.39 is 0 Å². The molecular weight excluding hydrogens is 380 g/mol. The average Bonchev–Trinajstić information content (AvgIpc) is 3.23. The molecule has 1 aromatic carbocycles. The van der Waals surface area contributed by atoms with Gasteiger partial charge in [0.1, 0.15) is 18.2 Å². The standard InChI is InChI=1S/C23H26N4O3/c1-29-13-14-30-19-6-4-17(5-7-19)16-27-12-2-3-21(27)23-25-20(15-22(28)26-23)18-8-10-24-11-9-18/h4-11,15,21H,2-3,12-14,16H2,1H3,(H,25,26,28). The molecule has 0 bridgehead atoms. The van der Waals surface area contributed by atoms with Gasteiger partial charge in [0.25, 0.3) is 5.56 Å². The molecule has 7 nitrogen and oxygen atoms in total. The van der Waals surface area contributed by atoms with Crippen LogP contribution in [0.15, 0.2) is 59.7 Å². The molecule has 1 saturated heterocycles. The van der Waals surface area contributed by atoms with Crippen LogP contribution < -0.4 is 10.3 Å². The number of likely N-dealkylation sites (tertiary alicyclic amines) is 1. The predicted molar refractivity (Wildman–Crippen MR) is 114 cm³/mol. The van der Waals surface area contributed by atoms with Crippen molar-refractivity contribution in [2.75, 3.05) is 26.9 Å². The molecule has 0 radical (unpaired) electrons. The van der Waals surface area contributed by atoms with Crippen molar-refractivity contribution < 1.29 is 9.47 Å². The predicted octanol–water partition coefficient (Wildman–Crippen LogP) is 3.19. The number of H-pyrrole nitrogens is 1. The SMILES string of the molecule is COCCOc1ccc(CN2CCCC2c2nc(-c3ccncc3)cc(=O)[nH]2)cc1. The zero-order chi connectivity index (χ0) is 20.8. The van der Waals surface area contributed by atoms with E-state index in [1.165, 1.54) is 5.56 Å². The molecule has 1 aliphatic heterocycles. The van der Waals surface area contributed by atoms with E-state index in [1.807, 2.05) is 24.3 Å². The minimum atomic E-state index is -0.128. The number of nitrogens with zero attached hydrogens (tertiary/aromatic N) is 3. The van der Waals surface area contributed by atoms with E-state index in [0.717, 1.165) is 43.1 Å². The van der Waals surface area contributed by atoms with E-state index in [1.54, 1.807) is 25.6 Å². The number of benzene rings is 1. The van der Waals surface area contributed by atoms with Crippen molar-refractivity contribution in [3.8, 4) is 17.0 Å². The minimum absolute atomic E-state index is 0.0946. The van der Waals surface area contributed by atoms with Crippen molar-refractivity contribution in [2.45, 2.75) is 25.4 Å². The Kier molecular flexibility index (Phi) is 6.51. The molecule has 2 aromatic heterocycles. The number of methoxy groups -OCH3 is 1. The van der Waals surface area contributed by atoms with Gasteiger partial charge in [0.05, 0.1) is 18.3 Å². The van der Waals surface area contributed by atoms with Crippen molar-refractivity contribution in [3.63, 3.8) is 0 Å². The zero-order valence-electron chi connectivity index (χ0n) is 17.1. The topological polar surface area (TPSA) is 80.3 Å². The van der Waals surface area contributed by atoms with E-state index in [9.17, 15) is 4.79 Å². The molecule has 1 atom stereocenters. The van der Waals surface area contributed by atoms with Gasteiger partial charge in [-0.1, -0.05) is 12.1 Å². The molecule has 0 spiro atoms. The Labute approximate surface area is 175 Å². The Bertz CT molecular complexity index is 1000. The number of hydrogen-bond acceptors (Lipinski definition) is 6. The van der Waals surface area contributed by atoms with Crippen LogP contribution in [-0.2, 0) is 11.3 Å². The third kappa shape index (κ3) is 4.93. The van der Waals surface area contributed by atoms with Crippen molar-refractivity contribution in [1.29, 1.82) is 0 Å². The van der Waals surface area contributed by atoms with Crippen LogP contribution in [0.25, 0.3) is 11.3 Å². The molecule has 0 saturated carbocycles. The van der Waals surface area contributed by atoms with Gasteiger partial charge in [0, 0.05) is 37.7 Å². The summed E-state index contributed by atoms with van der Waals surface area (Å²) in [6.07, 6.45) is 5.47. The second kappa shape index (κ2) is 9.65. The Morgan fingerprint density at radius 1 is 1.13 bits per heavy atom. The normalized spacial score (nSPS) is 16.6. The number of pyridine rings is 1. The fraction of sp³-hybridized carbons (Fsp3) is 0.348. The van der Waals surface area contributed by atoms with Crippen LogP contribution >= 0.6 is 0 Å². The Hall–Kier alpha value is -3.03. The van der Waals surface area contributed by atoms with Gasteiger partial charge < -0.3 is 14.5 Å². The zero-order valence-corrected chi connectivity index (χ0v) is 17.1. The number of aromatic nitrogens is 3. The quantitative estimate of drug-likeness (QED) is 0.579. The Morgan fingerprint density at radius 2 is 1.93 bits per heavy atom. The maximum atomic E-state index is 12.3. The molecule has 1 N–H and O–H groups in total. The van der Waals surface area contributed by atoms with Crippen LogP contribution in [0.1, 0.15) is 30.3 Å².